The molecule has 5 heteroatoms. The van der Waals surface area contributed by atoms with E-state index in [1.807, 2.05) is 30.3 Å². The highest BCUT2D eigenvalue weighted by Gasteiger charge is 2.18. The zero-order chi connectivity index (χ0) is 15.0. The fourth-order valence-corrected chi connectivity index (χ4v) is 2.41. The number of nitrogens with zero attached hydrogens (tertiary/aromatic N) is 3. The van der Waals surface area contributed by atoms with Gasteiger partial charge in [-0.05, 0) is 25.1 Å². The van der Waals surface area contributed by atoms with E-state index in [0.29, 0.717) is 16.9 Å². The van der Waals surface area contributed by atoms with Gasteiger partial charge in [0, 0.05) is 22.8 Å². The molecular formula is C16H12N4O. The predicted molar refractivity (Wildman–Crippen MR) is 79.8 cm³/mol. The fraction of sp³-hybridized carbons (Fsp3) is 0.0625. The minimum absolute atomic E-state index is 0.211. The quantitative estimate of drug-likeness (QED) is 0.740. The molecule has 0 unspecified atom stereocenters. The number of hydrogen-bond acceptors (Lipinski definition) is 4. The Bertz CT molecular complexity index is 902. The number of nitrogen functional groups attached to an aromatic ring is 1. The summed E-state index contributed by atoms with van der Waals surface area (Å²) < 4.78 is 1.57. The molecule has 0 saturated carbocycles. The topological polar surface area (TPSA) is 84.7 Å². The van der Waals surface area contributed by atoms with Crippen LogP contribution in [0.15, 0.2) is 42.6 Å². The standard InChI is InChI=1S/C16H12N4O/c1-10-15(18)13-4-2-3-5-14(13)20(10)16(21)11-6-7-19-12(8-11)9-17/h2-8H,18H2,1H3. The van der Waals surface area contributed by atoms with Gasteiger partial charge in [-0.2, -0.15) is 5.26 Å². The maximum absolute atomic E-state index is 12.7. The number of nitriles is 1. The van der Waals surface area contributed by atoms with Crippen molar-refractivity contribution < 1.29 is 4.79 Å². The first-order chi connectivity index (χ1) is 10.1. The van der Waals surface area contributed by atoms with Crippen LogP contribution in [0.3, 0.4) is 0 Å². The molecule has 0 aliphatic heterocycles. The van der Waals surface area contributed by atoms with Gasteiger partial charge in [0.15, 0.2) is 0 Å². The molecule has 5 nitrogen and oxygen atoms in total. The SMILES string of the molecule is Cc1c(N)c2ccccc2n1C(=O)c1ccnc(C#N)c1. The van der Waals surface area contributed by atoms with Crippen molar-refractivity contribution in [2.75, 3.05) is 5.73 Å². The number of carbonyl (C=O) groups excluding carboxylic acids is 1. The summed E-state index contributed by atoms with van der Waals surface area (Å²) in [5, 5.41) is 9.74. The third-order valence-electron chi connectivity index (χ3n) is 3.48. The zero-order valence-electron chi connectivity index (χ0n) is 11.4. The lowest BCUT2D eigenvalue weighted by Crippen LogP contribution is -2.14. The largest absolute Gasteiger partial charge is 0.397 e. The van der Waals surface area contributed by atoms with Crippen molar-refractivity contribution >= 4 is 22.5 Å². The summed E-state index contributed by atoms with van der Waals surface area (Å²) in [4.78, 5) is 16.6. The summed E-state index contributed by atoms with van der Waals surface area (Å²) >= 11 is 0. The Labute approximate surface area is 121 Å². The molecule has 3 rings (SSSR count). The molecule has 21 heavy (non-hydrogen) atoms. The van der Waals surface area contributed by atoms with Gasteiger partial charge in [-0.3, -0.25) is 9.36 Å². The minimum atomic E-state index is -0.223. The normalized spacial score (nSPS) is 10.5. The number of carbonyl (C=O) groups is 1. The Morgan fingerprint density at radius 1 is 1.33 bits per heavy atom. The molecule has 2 aromatic heterocycles. The van der Waals surface area contributed by atoms with E-state index in [2.05, 4.69) is 4.98 Å². The van der Waals surface area contributed by atoms with Gasteiger partial charge in [-0.25, -0.2) is 4.98 Å². The van der Waals surface area contributed by atoms with E-state index in [-0.39, 0.29) is 11.6 Å². The van der Waals surface area contributed by atoms with E-state index in [9.17, 15) is 4.79 Å². The molecule has 0 radical (unpaired) electrons. The van der Waals surface area contributed by atoms with Crippen LogP contribution in [0.2, 0.25) is 0 Å². The Balaban J connectivity index is 2.23. The van der Waals surface area contributed by atoms with Crippen molar-refractivity contribution in [2.45, 2.75) is 6.92 Å². The van der Waals surface area contributed by atoms with E-state index in [4.69, 9.17) is 11.0 Å². The van der Waals surface area contributed by atoms with Crippen molar-refractivity contribution in [3.8, 4) is 6.07 Å². The molecule has 1 aromatic carbocycles. The van der Waals surface area contributed by atoms with Crippen molar-refractivity contribution in [3.63, 3.8) is 0 Å². The van der Waals surface area contributed by atoms with Crippen molar-refractivity contribution in [3.05, 3.63) is 59.5 Å². The number of fused-ring (bicyclic) bond motifs is 1. The number of anilines is 1. The summed E-state index contributed by atoms with van der Waals surface area (Å²) in [6, 6.07) is 12.5. The van der Waals surface area contributed by atoms with Gasteiger partial charge in [0.05, 0.1) is 11.2 Å². The highest BCUT2D eigenvalue weighted by atomic mass is 16.2. The third-order valence-corrected chi connectivity index (χ3v) is 3.48. The summed E-state index contributed by atoms with van der Waals surface area (Å²) in [5.41, 5.74) is 8.73. The van der Waals surface area contributed by atoms with Crippen molar-refractivity contribution in [1.29, 1.82) is 5.26 Å². The highest BCUT2D eigenvalue weighted by Crippen LogP contribution is 2.28. The van der Waals surface area contributed by atoms with Crippen LogP contribution in [-0.2, 0) is 0 Å². The average Bonchev–Trinajstić information content (AvgIpc) is 2.79. The average molecular weight is 276 g/mol. The van der Waals surface area contributed by atoms with Crippen LogP contribution in [0.1, 0.15) is 21.7 Å². The predicted octanol–water partition coefficient (Wildman–Crippen LogP) is 2.49. The first-order valence-electron chi connectivity index (χ1n) is 6.40. The Morgan fingerprint density at radius 3 is 2.86 bits per heavy atom. The number of nitrogens with two attached hydrogens (primary N) is 1. The summed E-state index contributed by atoms with van der Waals surface area (Å²) in [5.74, 6) is -0.223. The van der Waals surface area contributed by atoms with Gasteiger partial charge in [-0.15, -0.1) is 0 Å². The number of pyridine rings is 1. The smallest absolute Gasteiger partial charge is 0.262 e. The van der Waals surface area contributed by atoms with E-state index in [1.54, 1.807) is 17.6 Å². The number of para-hydroxylation sites is 1. The Hall–Kier alpha value is -3.13. The molecule has 3 aromatic rings. The molecule has 2 heterocycles. The number of rotatable bonds is 1. The van der Waals surface area contributed by atoms with E-state index >= 15 is 0 Å². The minimum Gasteiger partial charge on any atom is -0.397 e. The van der Waals surface area contributed by atoms with E-state index in [1.165, 1.54) is 12.3 Å². The zero-order valence-corrected chi connectivity index (χ0v) is 11.4. The van der Waals surface area contributed by atoms with E-state index in [0.717, 1.165) is 10.9 Å². The van der Waals surface area contributed by atoms with Gasteiger partial charge in [-0.1, -0.05) is 18.2 Å². The maximum Gasteiger partial charge on any atom is 0.262 e. The van der Waals surface area contributed by atoms with Crippen LogP contribution in [0.5, 0.6) is 0 Å². The van der Waals surface area contributed by atoms with Crippen LogP contribution < -0.4 is 5.73 Å². The molecule has 0 aliphatic carbocycles. The number of hydrogen-bond donors (Lipinski definition) is 1. The molecule has 0 atom stereocenters. The second-order valence-corrected chi connectivity index (χ2v) is 4.70. The van der Waals surface area contributed by atoms with Crippen LogP contribution in [0.4, 0.5) is 5.69 Å². The van der Waals surface area contributed by atoms with Gasteiger partial charge < -0.3 is 5.73 Å². The summed E-state index contributed by atoms with van der Waals surface area (Å²) in [7, 11) is 0. The second kappa shape index (κ2) is 4.76. The molecule has 2 N–H and O–H groups in total. The fourth-order valence-electron chi connectivity index (χ4n) is 2.41. The lowest BCUT2D eigenvalue weighted by atomic mass is 10.2. The molecule has 0 amide bonds. The third kappa shape index (κ3) is 1.94. The molecule has 102 valence electrons. The summed E-state index contributed by atoms with van der Waals surface area (Å²) in [6.45, 7) is 1.81. The van der Waals surface area contributed by atoms with Crippen LogP contribution >= 0.6 is 0 Å². The molecule has 0 bridgehead atoms. The van der Waals surface area contributed by atoms with Gasteiger partial charge in [0.1, 0.15) is 11.8 Å². The molecule has 0 aliphatic rings. The number of benzene rings is 1. The second-order valence-electron chi connectivity index (χ2n) is 4.70. The van der Waals surface area contributed by atoms with Crippen molar-refractivity contribution in [2.24, 2.45) is 0 Å². The van der Waals surface area contributed by atoms with Gasteiger partial charge >= 0.3 is 0 Å². The monoisotopic (exact) mass is 276 g/mol. The molecule has 0 saturated heterocycles. The lowest BCUT2D eigenvalue weighted by Gasteiger charge is -2.07. The number of aromatic nitrogens is 2. The molecular weight excluding hydrogens is 264 g/mol. The summed E-state index contributed by atoms with van der Waals surface area (Å²) in [6.07, 6.45) is 1.45. The van der Waals surface area contributed by atoms with Gasteiger partial charge in [0.25, 0.3) is 5.91 Å². The van der Waals surface area contributed by atoms with Gasteiger partial charge in [0.2, 0.25) is 0 Å². The Kier molecular flexibility index (Phi) is 2.92. The lowest BCUT2D eigenvalue weighted by molar-refractivity contribution is 0.0963. The van der Waals surface area contributed by atoms with E-state index < -0.39 is 0 Å². The highest BCUT2D eigenvalue weighted by molar-refractivity contribution is 6.06. The maximum atomic E-state index is 12.7. The van der Waals surface area contributed by atoms with Crippen LogP contribution in [0.25, 0.3) is 10.9 Å². The first-order valence-corrected chi connectivity index (χ1v) is 6.40. The first kappa shape index (κ1) is 12.9. The Morgan fingerprint density at radius 2 is 2.10 bits per heavy atom. The molecule has 0 spiro atoms. The van der Waals surface area contributed by atoms with Crippen LogP contribution in [0, 0.1) is 18.3 Å². The van der Waals surface area contributed by atoms with Crippen molar-refractivity contribution in [1.82, 2.24) is 9.55 Å². The van der Waals surface area contributed by atoms with Crippen LogP contribution in [-0.4, -0.2) is 15.5 Å². The molecule has 0 fully saturated rings.